The summed E-state index contributed by atoms with van der Waals surface area (Å²) >= 11 is 4.74. The fraction of sp³-hybridized carbons (Fsp3) is 0.889. The van der Waals surface area contributed by atoms with Crippen molar-refractivity contribution in [2.24, 2.45) is 0 Å². The van der Waals surface area contributed by atoms with Crippen molar-refractivity contribution in [1.29, 1.82) is 1.43 Å². The molecule has 2 unspecified atom stereocenters. The molecule has 0 aromatic heterocycles. The monoisotopic (exact) mass is 516 g/mol. The summed E-state index contributed by atoms with van der Waals surface area (Å²) in [6, 6.07) is -0.229. The minimum atomic E-state index is -0.817. The molecule has 17 heavy (non-hydrogen) atoms. The summed E-state index contributed by atoms with van der Waals surface area (Å²) in [5.41, 5.74) is 0. The van der Waals surface area contributed by atoms with Crippen molar-refractivity contribution < 1.29 is 28.8 Å². The number of halogens is 2. The van der Waals surface area contributed by atoms with Gasteiger partial charge in [0.25, 0.3) is 1.43 Å². The third-order valence-electron chi connectivity index (χ3n) is 1.51. The molecule has 107 valence electrons. The Morgan fingerprint density at radius 2 is 2.06 bits per heavy atom. The van der Waals surface area contributed by atoms with E-state index in [0.29, 0.717) is 9.47 Å². The van der Waals surface area contributed by atoms with Gasteiger partial charge < -0.3 is 19.9 Å². The maximum atomic E-state index is 11.0. The van der Waals surface area contributed by atoms with Crippen LogP contribution in [-0.4, -0.2) is 44.2 Å². The maximum absolute atomic E-state index is 11.0. The quantitative estimate of drug-likeness (QED) is 0.420. The topological polar surface area (TPSA) is 67.8 Å². The first-order chi connectivity index (χ1) is 7.58. The Morgan fingerprint density at radius 3 is 2.35 bits per heavy atom. The molecule has 0 aliphatic carbocycles. The van der Waals surface area contributed by atoms with Gasteiger partial charge in [0.1, 0.15) is 6.79 Å². The van der Waals surface area contributed by atoms with Gasteiger partial charge in [0.2, 0.25) is 0 Å². The molecule has 0 aliphatic rings. The van der Waals surface area contributed by atoms with Crippen LogP contribution in [0.4, 0.5) is 0 Å². The van der Waals surface area contributed by atoms with Crippen LogP contribution in [0.2, 0.25) is 0 Å². The van der Waals surface area contributed by atoms with Crippen molar-refractivity contribution in [3.05, 3.63) is 0 Å². The van der Waals surface area contributed by atoms with E-state index in [1.54, 1.807) is 14.0 Å². The number of methoxy groups -OCH3 is 1. The van der Waals surface area contributed by atoms with Crippen LogP contribution in [0, 0.1) is 0 Å². The zero-order valence-electron chi connectivity index (χ0n) is 9.70. The zero-order valence-corrected chi connectivity index (χ0v) is 14.4. The number of hydrogen-bond acceptors (Lipinski definition) is 5. The molecule has 0 amide bonds. The molecule has 2 atom stereocenters. The fourth-order valence-electron chi connectivity index (χ4n) is 0.709. The van der Waals surface area contributed by atoms with Crippen LogP contribution in [0.15, 0.2) is 0 Å². The molecule has 0 aliphatic heterocycles. The number of likely N-dealkylation sites (N-methyl/N-ethyl adjacent to an activating group) is 1. The van der Waals surface area contributed by atoms with Crippen molar-refractivity contribution in [2.75, 3.05) is 21.0 Å². The van der Waals surface area contributed by atoms with E-state index >= 15 is 0 Å². The first-order valence-electron chi connectivity index (χ1n) is 4.36. The van der Waals surface area contributed by atoms with E-state index in [-0.39, 0.29) is 27.7 Å². The molecule has 0 aromatic rings. The Kier molecular flexibility index (Phi) is 27.3. The standard InChI is InChI=1S/C7H15NO4.2CH4.2HI.V/c1-5(8-2)6(7(9)10)12-4-11-3;;;;;/h5-6,8H,4H2,1-3H3,(H,9,10);2*1H4;2*1H;/q;;;;;+2/p-2/i/hT. The molecule has 0 saturated heterocycles. The van der Waals surface area contributed by atoms with Gasteiger partial charge in [-0.25, -0.2) is 4.79 Å². The van der Waals surface area contributed by atoms with Crippen molar-refractivity contribution in [3.63, 3.8) is 0 Å². The summed E-state index contributed by atoms with van der Waals surface area (Å²) in [5.74, 6) is -0.737. The summed E-state index contributed by atoms with van der Waals surface area (Å²) in [4.78, 5) is 11.0. The Morgan fingerprint density at radius 1 is 1.59 bits per heavy atom. The van der Waals surface area contributed by atoms with E-state index in [1.807, 2.05) is 0 Å². The van der Waals surface area contributed by atoms with Crippen LogP contribution >= 0.6 is 40.0 Å². The third kappa shape index (κ3) is 17.4. The Hall–Kier alpha value is 1.39. The van der Waals surface area contributed by atoms with E-state index in [2.05, 4.69) is 55.1 Å². The van der Waals surface area contributed by atoms with E-state index in [9.17, 15) is 4.79 Å². The van der Waals surface area contributed by atoms with Crippen molar-refractivity contribution >= 4 is 45.9 Å². The van der Waals surface area contributed by atoms with E-state index in [1.165, 1.54) is 7.11 Å². The number of carboxylic acid groups (broad SMARTS) is 1. The molecule has 0 bridgehead atoms. The number of aliphatic carboxylic acids is 1. The fourth-order valence-corrected chi connectivity index (χ4v) is 0.709. The third-order valence-corrected chi connectivity index (χ3v) is 1.51. The molecular formula is C9H23I2NO4V. The molecular weight excluding hydrogens is 491 g/mol. The normalized spacial score (nSPS) is 12.4. The second kappa shape index (κ2) is 19.7. The number of carbonyl (C=O) groups is 1. The van der Waals surface area contributed by atoms with E-state index < -0.39 is 12.1 Å². The summed E-state index contributed by atoms with van der Waals surface area (Å²) in [6.45, 7) is 1.74. The molecule has 0 spiro atoms. The molecule has 0 radical (unpaired) electrons. The Bertz CT molecular complexity index is 183. The SMILES string of the molecule is C.C.[3H]OC(=O)C(OCOC)C(C)NC.[I][V][I]. The van der Waals surface area contributed by atoms with Crippen LogP contribution in [0.3, 0.4) is 0 Å². The van der Waals surface area contributed by atoms with Gasteiger partial charge in [-0.15, -0.1) is 0 Å². The number of nitrogens with one attached hydrogen (secondary N) is 1. The van der Waals surface area contributed by atoms with Crippen molar-refractivity contribution in [2.45, 2.75) is 33.9 Å². The number of carboxylic acids is 1. The number of ether oxygens (including phenoxy) is 2. The zero-order chi connectivity index (χ0) is 13.0. The van der Waals surface area contributed by atoms with Gasteiger partial charge in [-0.2, -0.15) is 0 Å². The van der Waals surface area contributed by atoms with Gasteiger partial charge in [-0.1, -0.05) is 14.9 Å². The van der Waals surface area contributed by atoms with Gasteiger partial charge in [0.15, 0.2) is 6.10 Å². The van der Waals surface area contributed by atoms with E-state index in [0.717, 1.165) is 0 Å². The molecule has 5 nitrogen and oxygen atoms in total. The summed E-state index contributed by atoms with van der Waals surface area (Å²) in [5, 5.41) is 6.65. The molecule has 0 heterocycles. The average molecular weight is 516 g/mol. The summed E-state index contributed by atoms with van der Waals surface area (Å²) in [7, 11) is 3.76. The number of rotatable bonds is 6. The predicted octanol–water partition coefficient (Wildman–Crippen LogP) is 2.71. The van der Waals surface area contributed by atoms with Crippen LogP contribution in [0.1, 0.15) is 21.8 Å². The first kappa shape index (κ1) is 23.5. The Labute approximate surface area is 135 Å². The molecule has 0 rings (SSSR count). The van der Waals surface area contributed by atoms with Crippen LogP contribution in [0.5, 0.6) is 0 Å². The van der Waals surface area contributed by atoms with Gasteiger partial charge in [-0.05, 0) is 14.0 Å². The van der Waals surface area contributed by atoms with Gasteiger partial charge >= 0.3 is 55.4 Å². The Balaban J connectivity index is -0.000000177. The van der Waals surface area contributed by atoms with Gasteiger partial charge in [-0.3, -0.25) is 0 Å². The first-order valence-corrected chi connectivity index (χ1v) is 13.0. The van der Waals surface area contributed by atoms with Gasteiger partial charge in [0, 0.05) is 13.2 Å². The van der Waals surface area contributed by atoms with Crippen LogP contribution in [0.25, 0.3) is 1.43 Å². The summed E-state index contributed by atoms with van der Waals surface area (Å²) < 4.78 is 16.1. The van der Waals surface area contributed by atoms with Crippen molar-refractivity contribution in [3.8, 4) is 0 Å². The second-order valence-corrected chi connectivity index (χ2v) is 14.2. The van der Waals surface area contributed by atoms with Gasteiger partial charge in [0.05, 0.1) is 0 Å². The van der Waals surface area contributed by atoms with Crippen molar-refractivity contribution in [1.82, 2.24) is 5.32 Å². The van der Waals surface area contributed by atoms with E-state index in [4.69, 9.17) is 6.17 Å². The minimum absolute atomic E-state index is 0. The molecule has 8 heteroatoms. The molecule has 0 aromatic carbocycles. The van der Waals surface area contributed by atoms with Crippen LogP contribution < -0.4 is 5.32 Å². The second-order valence-electron chi connectivity index (χ2n) is 2.45. The molecule has 0 saturated carbocycles. The summed E-state index contributed by atoms with van der Waals surface area (Å²) in [6.07, 6.45) is -0.817. The molecule has 2 N–H and O–H groups in total. The average Bonchev–Trinajstić information content (AvgIpc) is 2.29. The van der Waals surface area contributed by atoms with Crippen LogP contribution in [-0.2, 0) is 23.7 Å². The molecule has 0 fully saturated rings. The number of hydrogen-bond donors (Lipinski definition) is 2. The predicted molar refractivity (Wildman–Crippen MR) is 84.4 cm³/mol.